The van der Waals surface area contributed by atoms with Gasteiger partial charge in [0.1, 0.15) is 5.75 Å². The van der Waals surface area contributed by atoms with Gasteiger partial charge in [0.05, 0.1) is 26.4 Å². The number of benzene rings is 2. The van der Waals surface area contributed by atoms with Crippen molar-refractivity contribution in [3.8, 4) is 5.75 Å². The van der Waals surface area contributed by atoms with E-state index >= 15 is 0 Å². The number of carbonyl (C=O) groups excluding carboxylic acids is 1. The second kappa shape index (κ2) is 8.51. The lowest BCUT2D eigenvalue weighted by atomic mass is 10.1. The summed E-state index contributed by atoms with van der Waals surface area (Å²) in [5.41, 5.74) is 2.44. The molecule has 6 heteroatoms. The molecule has 3 N–H and O–H groups in total. The minimum Gasteiger partial charge on any atom is -0.497 e. The van der Waals surface area contributed by atoms with Gasteiger partial charge in [-0.25, -0.2) is 0 Å². The number of aromatic nitrogens is 1. The van der Waals surface area contributed by atoms with Gasteiger partial charge >= 0.3 is 0 Å². The second-order valence-corrected chi connectivity index (χ2v) is 6.01. The van der Waals surface area contributed by atoms with Crippen molar-refractivity contribution in [1.82, 2.24) is 10.3 Å². The number of aliphatic hydroxyl groups is 1. The maximum absolute atomic E-state index is 12.2. The van der Waals surface area contributed by atoms with Crippen LogP contribution < -0.4 is 10.1 Å². The highest BCUT2D eigenvalue weighted by molar-refractivity contribution is 5.97. The number of aromatic amines is 1. The smallest absolute Gasteiger partial charge is 0.251 e. The van der Waals surface area contributed by atoms with Gasteiger partial charge in [0, 0.05) is 23.8 Å². The van der Waals surface area contributed by atoms with Gasteiger partial charge in [0.2, 0.25) is 0 Å². The number of H-pyrrole nitrogens is 1. The summed E-state index contributed by atoms with van der Waals surface area (Å²) in [4.78, 5) is 15.3. The van der Waals surface area contributed by atoms with Crippen LogP contribution in [-0.4, -0.2) is 42.4 Å². The summed E-state index contributed by atoms with van der Waals surface area (Å²) in [7, 11) is 1.62. The maximum atomic E-state index is 12.2. The lowest BCUT2D eigenvalue weighted by Gasteiger charge is -2.13. The van der Waals surface area contributed by atoms with Gasteiger partial charge in [-0.05, 0) is 41.3 Å². The highest BCUT2D eigenvalue weighted by atomic mass is 16.5. The number of aliphatic hydroxyl groups excluding tert-OH is 1. The molecule has 0 spiro atoms. The van der Waals surface area contributed by atoms with E-state index < -0.39 is 6.10 Å². The number of fused-ring (bicyclic) bond motifs is 1. The molecule has 0 aliphatic carbocycles. The van der Waals surface area contributed by atoms with Crippen molar-refractivity contribution in [3.63, 3.8) is 0 Å². The zero-order valence-corrected chi connectivity index (χ0v) is 14.6. The Kier molecular flexibility index (Phi) is 5.88. The van der Waals surface area contributed by atoms with Crippen LogP contribution in [0.3, 0.4) is 0 Å². The van der Waals surface area contributed by atoms with Gasteiger partial charge < -0.3 is 24.9 Å². The van der Waals surface area contributed by atoms with Crippen LogP contribution in [0.5, 0.6) is 5.75 Å². The number of carbonyl (C=O) groups is 1. The Morgan fingerprint density at radius 1 is 1.19 bits per heavy atom. The molecule has 0 aliphatic heterocycles. The number of amides is 1. The quantitative estimate of drug-likeness (QED) is 0.580. The van der Waals surface area contributed by atoms with Gasteiger partial charge in [-0.2, -0.15) is 0 Å². The normalized spacial score (nSPS) is 12.1. The Bertz CT molecular complexity index is 858. The first kappa shape index (κ1) is 18.0. The van der Waals surface area contributed by atoms with Crippen molar-refractivity contribution in [2.24, 2.45) is 0 Å². The first-order valence-corrected chi connectivity index (χ1v) is 8.40. The van der Waals surface area contributed by atoms with Crippen LogP contribution in [0, 0.1) is 0 Å². The maximum Gasteiger partial charge on any atom is 0.251 e. The summed E-state index contributed by atoms with van der Waals surface area (Å²) in [5, 5.41) is 13.7. The Morgan fingerprint density at radius 3 is 2.77 bits per heavy atom. The van der Waals surface area contributed by atoms with Crippen molar-refractivity contribution in [2.75, 3.05) is 20.3 Å². The minimum absolute atomic E-state index is 0.129. The molecule has 0 bridgehead atoms. The van der Waals surface area contributed by atoms with Crippen LogP contribution in [-0.2, 0) is 11.3 Å². The number of hydrogen-bond donors (Lipinski definition) is 3. The molecule has 1 amide bonds. The highest BCUT2D eigenvalue weighted by Crippen LogP contribution is 2.14. The summed E-state index contributed by atoms with van der Waals surface area (Å²) in [5.74, 6) is 0.560. The zero-order chi connectivity index (χ0) is 18.4. The van der Waals surface area contributed by atoms with Gasteiger partial charge in [-0.3, -0.25) is 4.79 Å². The summed E-state index contributed by atoms with van der Waals surface area (Å²) in [6.45, 7) is 0.657. The average molecular weight is 354 g/mol. The monoisotopic (exact) mass is 354 g/mol. The number of ether oxygens (including phenoxy) is 2. The lowest BCUT2D eigenvalue weighted by molar-refractivity contribution is 0.0285. The Morgan fingerprint density at radius 2 is 2.00 bits per heavy atom. The first-order valence-electron chi connectivity index (χ1n) is 8.40. The molecular weight excluding hydrogens is 332 g/mol. The van der Waals surface area contributed by atoms with E-state index in [9.17, 15) is 9.90 Å². The third kappa shape index (κ3) is 4.62. The van der Waals surface area contributed by atoms with E-state index in [1.54, 1.807) is 19.2 Å². The summed E-state index contributed by atoms with van der Waals surface area (Å²) < 4.78 is 10.6. The Hall–Kier alpha value is -2.83. The summed E-state index contributed by atoms with van der Waals surface area (Å²) >= 11 is 0. The topological polar surface area (TPSA) is 83.6 Å². The molecule has 136 valence electrons. The van der Waals surface area contributed by atoms with E-state index in [4.69, 9.17) is 9.47 Å². The molecule has 0 fully saturated rings. The van der Waals surface area contributed by atoms with E-state index in [1.165, 1.54) is 0 Å². The Labute approximate surface area is 151 Å². The molecule has 26 heavy (non-hydrogen) atoms. The van der Waals surface area contributed by atoms with Crippen LogP contribution in [0.1, 0.15) is 15.9 Å². The molecule has 3 rings (SSSR count). The largest absolute Gasteiger partial charge is 0.497 e. The van der Waals surface area contributed by atoms with Crippen molar-refractivity contribution >= 4 is 16.8 Å². The van der Waals surface area contributed by atoms with Gasteiger partial charge in [-0.1, -0.05) is 18.2 Å². The average Bonchev–Trinajstić information content (AvgIpc) is 3.14. The first-order chi connectivity index (χ1) is 12.7. The summed E-state index contributed by atoms with van der Waals surface area (Å²) in [6, 6.07) is 14.9. The van der Waals surface area contributed by atoms with E-state index in [1.807, 2.05) is 42.6 Å². The molecule has 6 nitrogen and oxygen atoms in total. The molecule has 1 aromatic heterocycles. The second-order valence-electron chi connectivity index (χ2n) is 6.01. The molecule has 0 saturated carbocycles. The van der Waals surface area contributed by atoms with Crippen LogP contribution in [0.2, 0.25) is 0 Å². The van der Waals surface area contributed by atoms with E-state index in [2.05, 4.69) is 10.3 Å². The van der Waals surface area contributed by atoms with Gasteiger partial charge in [0.15, 0.2) is 0 Å². The van der Waals surface area contributed by atoms with E-state index in [0.29, 0.717) is 12.2 Å². The molecule has 2 aromatic carbocycles. The minimum atomic E-state index is -0.772. The van der Waals surface area contributed by atoms with E-state index in [-0.39, 0.29) is 19.1 Å². The molecular formula is C20H22N2O4. The number of rotatable bonds is 8. The third-order valence-electron chi connectivity index (χ3n) is 4.05. The Balaban J connectivity index is 1.41. The highest BCUT2D eigenvalue weighted by Gasteiger charge is 2.10. The standard InChI is InChI=1S/C20H22N2O4/c1-25-18-6-2-14(3-7-18)12-26-13-17(23)11-22-20(24)16-5-4-15-8-9-21-19(15)10-16/h2-10,17,21,23H,11-13H2,1H3,(H,22,24). The number of nitrogens with one attached hydrogen (secondary N) is 2. The predicted octanol–water partition coefficient (Wildman–Crippen LogP) is 2.48. The SMILES string of the molecule is COc1ccc(COCC(O)CNC(=O)c2ccc3cc[nH]c3c2)cc1. The number of methoxy groups -OCH3 is 1. The van der Waals surface area contributed by atoms with Crippen molar-refractivity contribution in [1.29, 1.82) is 0 Å². The fourth-order valence-corrected chi connectivity index (χ4v) is 2.60. The van der Waals surface area contributed by atoms with Gasteiger partial charge in [0.25, 0.3) is 5.91 Å². The third-order valence-corrected chi connectivity index (χ3v) is 4.05. The van der Waals surface area contributed by atoms with Crippen LogP contribution in [0.4, 0.5) is 0 Å². The molecule has 1 atom stereocenters. The van der Waals surface area contributed by atoms with Crippen LogP contribution >= 0.6 is 0 Å². The van der Waals surface area contributed by atoms with Crippen molar-refractivity contribution in [2.45, 2.75) is 12.7 Å². The van der Waals surface area contributed by atoms with Crippen molar-refractivity contribution < 1.29 is 19.4 Å². The zero-order valence-electron chi connectivity index (χ0n) is 14.6. The fourth-order valence-electron chi connectivity index (χ4n) is 2.60. The molecule has 1 heterocycles. The van der Waals surface area contributed by atoms with Crippen LogP contribution in [0.15, 0.2) is 54.7 Å². The molecule has 3 aromatic rings. The van der Waals surface area contributed by atoms with Crippen molar-refractivity contribution in [3.05, 3.63) is 65.9 Å². The van der Waals surface area contributed by atoms with Crippen LogP contribution in [0.25, 0.3) is 10.9 Å². The van der Waals surface area contributed by atoms with E-state index in [0.717, 1.165) is 22.2 Å². The number of hydrogen-bond acceptors (Lipinski definition) is 4. The lowest BCUT2D eigenvalue weighted by Crippen LogP contribution is -2.34. The molecule has 0 aliphatic rings. The molecule has 1 unspecified atom stereocenters. The fraction of sp³-hybridized carbons (Fsp3) is 0.250. The van der Waals surface area contributed by atoms with Gasteiger partial charge in [-0.15, -0.1) is 0 Å². The predicted molar refractivity (Wildman–Crippen MR) is 99.3 cm³/mol. The molecule has 0 radical (unpaired) electrons. The molecule has 0 saturated heterocycles. The summed E-state index contributed by atoms with van der Waals surface area (Å²) in [6.07, 6.45) is 1.06.